The molecule has 100 valence electrons. The van der Waals surface area contributed by atoms with E-state index in [1.807, 2.05) is 12.1 Å². The van der Waals surface area contributed by atoms with Crippen molar-refractivity contribution in [3.8, 4) is 0 Å². The highest BCUT2D eigenvalue weighted by atomic mass is 35.5. The van der Waals surface area contributed by atoms with Crippen LogP contribution < -0.4 is 10.6 Å². The van der Waals surface area contributed by atoms with Crippen molar-refractivity contribution >= 4 is 11.6 Å². The van der Waals surface area contributed by atoms with Gasteiger partial charge in [-0.15, -0.1) is 0 Å². The molecule has 0 radical (unpaired) electrons. The van der Waals surface area contributed by atoms with Crippen LogP contribution in [-0.4, -0.2) is 19.1 Å². The largest absolute Gasteiger partial charge is 0.317 e. The van der Waals surface area contributed by atoms with Crippen LogP contribution in [0, 0.1) is 0 Å². The smallest absolute Gasteiger partial charge is 0.0406 e. The van der Waals surface area contributed by atoms with E-state index in [0.717, 1.165) is 24.5 Å². The average molecular weight is 267 g/mol. The molecule has 0 bridgehead atoms. The molecule has 1 aliphatic heterocycles. The van der Waals surface area contributed by atoms with Crippen molar-refractivity contribution in [1.29, 1.82) is 0 Å². The summed E-state index contributed by atoms with van der Waals surface area (Å²) in [6.07, 6.45) is 4.89. The van der Waals surface area contributed by atoms with Crippen molar-refractivity contribution < 1.29 is 0 Å². The fourth-order valence-electron chi connectivity index (χ4n) is 2.62. The van der Waals surface area contributed by atoms with Crippen LogP contribution in [0.4, 0.5) is 0 Å². The van der Waals surface area contributed by atoms with Crippen LogP contribution >= 0.6 is 11.6 Å². The van der Waals surface area contributed by atoms with Crippen LogP contribution in [0.3, 0.4) is 0 Å². The molecule has 1 fully saturated rings. The molecule has 18 heavy (non-hydrogen) atoms. The zero-order valence-corrected chi connectivity index (χ0v) is 11.8. The third kappa shape index (κ3) is 3.98. The number of hydrogen-bond acceptors (Lipinski definition) is 2. The molecular weight excluding hydrogens is 244 g/mol. The van der Waals surface area contributed by atoms with Crippen molar-refractivity contribution in [1.82, 2.24) is 10.6 Å². The molecule has 2 atom stereocenters. The summed E-state index contributed by atoms with van der Waals surface area (Å²) >= 11 is 5.94. The highest BCUT2D eigenvalue weighted by Gasteiger charge is 2.16. The second-order valence-corrected chi connectivity index (χ2v) is 5.49. The Labute approximate surface area is 115 Å². The summed E-state index contributed by atoms with van der Waals surface area (Å²) in [5.41, 5.74) is 1.35. The lowest BCUT2D eigenvalue weighted by Gasteiger charge is -2.24. The van der Waals surface area contributed by atoms with E-state index in [-0.39, 0.29) is 0 Å². The number of benzene rings is 1. The number of hydrogen-bond donors (Lipinski definition) is 2. The Morgan fingerprint density at radius 3 is 2.78 bits per heavy atom. The van der Waals surface area contributed by atoms with E-state index in [1.54, 1.807) is 0 Å². The SMILES string of the molecule is CCC(NC1CCCNCC1)c1ccc(Cl)cc1. The van der Waals surface area contributed by atoms with E-state index >= 15 is 0 Å². The van der Waals surface area contributed by atoms with E-state index in [4.69, 9.17) is 11.6 Å². The van der Waals surface area contributed by atoms with Gasteiger partial charge in [0.05, 0.1) is 0 Å². The minimum atomic E-state index is 0.449. The van der Waals surface area contributed by atoms with Crippen LogP contribution in [0.2, 0.25) is 5.02 Å². The molecule has 3 heteroatoms. The van der Waals surface area contributed by atoms with Gasteiger partial charge in [0.1, 0.15) is 0 Å². The summed E-state index contributed by atoms with van der Waals surface area (Å²) in [6, 6.07) is 9.33. The van der Waals surface area contributed by atoms with Gasteiger partial charge in [-0.05, 0) is 56.5 Å². The third-order valence-electron chi connectivity index (χ3n) is 3.69. The van der Waals surface area contributed by atoms with Gasteiger partial charge >= 0.3 is 0 Å². The molecule has 2 nitrogen and oxygen atoms in total. The second-order valence-electron chi connectivity index (χ2n) is 5.06. The van der Waals surface area contributed by atoms with E-state index < -0.39 is 0 Å². The summed E-state index contributed by atoms with van der Waals surface area (Å²) in [6.45, 7) is 4.53. The molecule has 1 aromatic rings. The predicted molar refractivity (Wildman–Crippen MR) is 78.1 cm³/mol. The average Bonchev–Trinajstić information content (AvgIpc) is 2.66. The molecule has 1 aliphatic rings. The van der Waals surface area contributed by atoms with Gasteiger partial charge in [-0.3, -0.25) is 0 Å². The fraction of sp³-hybridized carbons (Fsp3) is 0.600. The highest BCUT2D eigenvalue weighted by Crippen LogP contribution is 2.21. The topological polar surface area (TPSA) is 24.1 Å². The molecule has 0 spiro atoms. The van der Waals surface area contributed by atoms with Gasteiger partial charge in [-0.2, -0.15) is 0 Å². The van der Waals surface area contributed by atoms with Crippen molar-refractivity contribution in [3.63, 3.8) is 0 Å². The van der Waals surface area contributed by atoms with Crippen molar-refractivity contribution in [2.24, 2.45) is 0 Å². The summed E-state index contributed by atoms with van der Waals surface area (Å²) in [5.74, 6) is 0. The van der Waals surface area contributed by atoms with E-state index in [1.165, 1.54) is 24.8 Å². The van der Waals surface area contributed by atoms with Crippen LogP contribution in [0.1, 0.15) is 44.2 Å². The minimum absolute atomic E-state index is 0.449. The fourth-order valence-corrected chi connectivity index (χ4v) is 2.74. The molecule has 2 N–H and O–H groups in total. The Morgan fingerprint density at radius 2 is 2.06 bits per heavy atom. The maximum absolute atomic E-state index is 5.94. The van der Waals surface area contributed by atoms with Gasteiger partial charge in [0, 0.05) is 17.1 Å². The minimum Gasteiger partial charge on any atom is -0.317 e. The Hall–Kier alpha value is -0.570. The summed E-state index contributed by atoms with van der Waals surface area (Å²) in [5, 5.41) is 8.07. The van der Waals surface area contributed by atoms with Crippen LogP contribution in [0.25, 0.3) is 0 Å². The van der Waals surface area contributed by atoms with E-state index in [9.17, 15) is 0 Å². The Kier molecular flexibility index (Phi) is 5.48. The van der Waals surface area contributed by atoms with Crippen molar-refractivity contribution in [2.45, 2.75) is 44.7 Å². The Morgan fingerprint density at radius 1 is 1.28 bits per heavy atom. The molecular formula is C15H23ClN2. The predicted octanol–water partition coefficient (Wildman–Crippen LogP) is 3.52. The molecule has 2 unspecified atom stereocenters. The Bertz CT molecular complexity index is 342. The van der Waals surface area contributed by atoms with Gasteiger partial charge in [0.25, 0.3) is 0 Å². The van der Waals surface area contributed by atoms with Gasteiger partial charge in [-0.25, -0.2) is 0 Å². The standard InChI is InChI=1S/C15H23ClN2/c1-2-15(12-5-7-13(16)8-6-12)18-14-4-3-10-17-11-9-14/h5-8,14-15,17-18H,2-4,9-11H2,1H3. The van der Waals surface area contributed by atoms with Crippen LogP contribution in [0.15, 0.2) is 24.3 Å². The van der Waals surface area contributed by atoms with Gasteiger partial charge in [0.2, 0.25) is 0 Å². The molecule has 0 amide bonds. The molecule has 0 saturated carbocycles. The molecule has 1 aromatic carbocycles. The van der Waals surface area contributed by atoms with Crippen LogP contribution in [0.5, 0.6) is 0 Å². The first-order chi connectivity index (χ1) is 8.79. The van der Waals surface area contributed by atoms with Gasteiger partial charge in [-0.1, -0.05) is 30.7 Å². The monoisotopic (exact) mass is 266 g/mol. The highest BCUT2D eigenvalue weighted by molar-refractivity contribution is 6.30. The quantitative estimate of drug-likeness (QED) is 0.871. The maximum atomic E-state index is 5.94. The van der Waals surface area contributed by atoms with Crippen LogP contribution in [-0.2, 0) is 0 Å². The van der Waals surface area contributed by atoms with Gasteiger partial charge in [0.15, 0.2) is 0 Å². The lowest BCUT2D eigenvalue weighted by molar-refractivity contribution is 0.398. The first kappa shape index (κ1) is 13.9. The number of nitrogens with one attached hydrogen (secondary N) is 2. The molecule has 1 saturated heterocycles. The number of rotatable bonds is 4. The van der Waals surface area contributed by atoms with Crippen molar-refractivity contribution in [2.75, 3.05) is 13.1 Å². The van der Waals surface area contributed by atoms with E-state index in [0.29, 0.717) is 12.1 Å². The lowest BCUT2D eigenvalue weighted by atomic mass is 10.0. The van der Waals surface area contributed by atoms with Crippen molar-refractivity contribution in [3.05, 3.63) is 34.9 Å². The third-order valence-corrected chi connectivity index (χ3v) is 3.95. The first-order valence-electron chi connectivity index (χ1n) is 7.02. The maximum Gasteiger partial charge on any atom is 0.0406 e. The zero-order chi connectivity index (χ0) is 12.8. The molecule has 0 aromatic heterocycles. The normalized spacial score (nSPS) is 22.4. The van der Waals surface area contributed by atoms with E-state index in [2.05, 4.69) is 29.7 Å². The summed E-state index contributed by atoms with van der Waals surface area (Å²) < 4.78 is 0. The first-order valence-corrected chi connectivity index (χ1v) is 7.39. The number of halogens is 1. The second kappa shape index (κ2) is 7.13. The zero-order valence-electron chi connectivity index (χ0n) is 11.1. The lowest BCUT2D eigenvalue weighted by Crippen LogP contribution is -2.33. The summed E-state index contributed by atoms with van der Waals surface area (Å²) in [4.78, 5) is 0. The summed E-state index contributed by atoms with van der Waals surface area (Å²) in [7, 11) is 0. The molecule has 2 rings (SSSR count). The van der Waals surface area contributed by atoms with Gasteiger partial charge < -0.3 is 10.6 Å². The molecule has 0 aliphatic carbocycles. The Balaban J connectivity index is 1.97. The molecule has 1 heterocycles.